The van der Waals surface area contributed by atoms with E-state index >= 15 is 0 Å². The SMILES string of the molecule is COc1cc(CNC2CCCSC2)ccc1OC(C)C. The summed E-state index contributed by atoms with van der Waals surface area (Å²) in [6, 6.07) is 6.83. The quantitative estimate of drug-likeness (QED) is 0.870. The average Bonchev–Trinajstić information content (AvgIpc) is 2.46. The van der Waals surface area contributed by atoms with Crippen LogP contribution in [-0.4, -0.2) is 30.8 Å². The van der Waals surface area contributed by atoms with Gasteiger partial charge < -0.3 is 14.8 Å². The second-order valence-corrected chi connectivity index (χ2v) is 6.60. The largest absolute Gasteiger partial charge is 0.493 e. The van der Waals surface area contributed by atoms with Crippen LogP contribution < -0.4 is 14.8 Å². The molecule has 1 saturated heterocycles. The van der Waals surface area contributed by atoms with Crippen LogP contribution in [0.25, 0.3) is 0 Å². The minimum Gasteiger partial charge on any atom is -0.493 e. The minimum absolute atomic E-state index is 0.159. The molecule has 1 N–H and O–H groups in total. The van der Waals surface area contributed by atoms with Crippen LogP contribution in [0.5, 0.6) is 11.5 Å². The van der Waals surface area contributed by atoms with Crippen molar-refractivity contribution in [1.82, 2.24) is 5.32 Å². The number of benzene rings is 1. The molecule has 4 heteroatoms. The van der Waals surface area contributed by atoms with Crippen molar-refractivity contribution in [3.8, 4) is 11.5 Å². The third-order valence-electron chi connectivity index (χ3n) is 3.35. The topological polar surface area (TPSA) is 30.5 Å². The van der Waals surface area contributed by atoms with E-state index in [1.165, 1.54) is 29.9 Å². The van der Waals surface area contributed by atoms with Gasteiger partial charge in [0, 0.05) is 18.3 Å². The maximum atomic E-state index is 5.74. The van der Waals surface area contributed by atoms with Crippen molar-refractivity contribution in [1.29, 1.82) is 0 Å². The van der Waals surface area contributed by atoms with Gasteiger partial charge in [-0.2, -0.15) is 11.8 Å². The van der Waals surface area contributed by atoms with Crippen LogP contribution in [0, 0.1) is 0 Å². The fraction of sp³-hybridized carbons (Fsp3) is 0.625. The van der Waals surface area contributed by atoms with Crippen LogP contribution >= 0.6 is 11.8 Å². The highest BCUT2D eigenvalue weighted by molar-refractivity contribution is 7.99. The first-order valence-corrected chi connectivity index (χ1v) is 8.49. The van der Waals surface area contributed by atoms with E-state index in [4.69, 9.17) is 9.47 Å². The second-order valence-electron chi connectivity index (χ2n) is 5.45. The van der Waals surface area contributed by atoms with Crippen molar-refractivity contribution >= 4 is 11.8 Å². The Labute approximate surface area is 126 Å². The lowest BCUT2D eigenvalue weighted by Gasteiger charge is -2.23. The Balaban J connectivity index is 1.94. The summed E-state index contributed by atoms with van der Waals surface area (Å²) >= 11 is 2.05. The lowest BCUT2D eigenvalue weighted by Crippen LogP contribution is -2.33. The number of thioether (sulfide) groups is 1. The van der Waals surface area contributed by atoms with Crippen LogP contribution in [-0.2, 0) is 6.54 Å². The molecule has 1 aliphatic rings. The molecule has 0 aromatic heterocycles. The van der Waals surface area contributed by atoms with Crippen molar-refractivity contribution in [3.63, 3.8) is 0 Å². The second kappa shape index (κ2) is 7.79. The molecule has 1 atom stereocenters. The Morgan fingerprint density at radius 1 is 1.35 bits per heavy atom. The average molecular weight is 295 g/mol. The molecule has 1 aliphatic heterocycles. The van der Waals surface area contributed by atoms with Gasteiger partial charge in [-0.3, -0.25) is 0 Å². The van der Waals surface area contributed by atoms with Crippen LogP contribution in [0.2, 0.25) is 0 Å². The first-order valence-electron chi connectivity index (χ1n) is 7.33. The summed E-state index contributed by atoms with van der Waals surface area (Å²) in [6.45, 7) is 4.94. The molecule has 3 nitrogen and oxygen atoms in total. The molecule has 1 fully saturated rings. The maximum absolute atomic E-state index is 5.74. The van der Waals surface area contributed by atoms with Crippen molar-refractivity contribution in [2.24, 2.45) is 0 Å². The molecule has 0 spiro atoms. The number of nitrogens with one attached hydrogen (secondary N) is 1. The predicted molar refractivity (Wildman–Crippen MR) is 85.9 cm³/mol. The van der Waals surface area contributed by atoms with Gasteiger partial charge in [0.25, 0.3) is 0 Å². The van der Waals surface area contributed by atoms with Gasteiger partial charge >= 0.3 is 0 Å². The molecule has 2 rings (SSSR count). The van der Waals surface area contributed by atoms with E-state index in [0.717, 1.165) is 18.0 Å². The van der Waals surface area contributed by atoms with Gasteiger partial charge in [-0.25, -0.2) is 0 Å². The smallest absolute Gasteiger partial charge is 0.161 e. The number of ether oxygens (including phenoxy) is 2. The molecule has 1 heterocycles. The zero-order chi connectivity index (χ0) is 14.4. The summed E-state index contributed by atoms with van der Waals surface area (Å²) in [6.07, 6.45) is 2.78. The fourth-order valence-electron chi connectivity index (χ4n) is 2.34. The van der Waals surface area contributed by atoms with E-state index < -0.39 is 0 Å². The van der Waals surface area contributed by atoms with E-state index in [-0.39, 0.29) is 6.10 Å². The summed E-state index contributed by atoms with van der Waals surface area (Å²) in [4.78, 5) is 0. The number of hydrogen-bond acceptors (Lipinski definition) is 4. The highest BCUT2D eigenvalue weighted by atomic mass is 32.2. The van der Waals surface area contributed by atoms with Crippen LogP contribution in [0.1, 0.15) is 32.3 Å². The summed E-state index contributed by atoms with van der Waals surface area (Å²) < 4.78 is 11.2. The van der Waals surface area contributed by atoms with E-state index in [9.17, 15) is 0 Å². The molecule has 0 radical (unpaired) electrons. The minimum atomic E-state index is 0.159. The zero-order valence-corrected chi connectivity index (χ0v) is 13.5. The van der Waals surface area contributed by atoms with Gasteiger partial charge in [-0.15, -0.1) is 0 Å². The maximum Gasteiger partial charge on any atom is 0.161 e. The Bertz CT molecular complexity index is 417. The van der Waals surface area contributed by atoms with Crippen LogP contribution in [0.4, 0.5) is 0 Å². The first-order chi connectivity index (χ1) is 9.69. The molecular formula is C16H25NO2S. The first kappa shape index (κ1) is 15.5. The van der Waals surface area contributed by atoms with Crippen molar-refractivity contribution < 1.29 is 9.47 Å². The molecular weight excluding hydrogens is 270 g/mol. The molecule has 1 aromatic carbocycles. The monoisotopic (exact) mass is 295 g/mol. The summed E-state index contributed by atoms with van der Waals surface area (Å²) in [5.41, 5.74) is 1.24. The molecule has 1 aromatic rings. The number of hydrogen-bond donors (Lipinski definition) is 1. The number of rotatable bonds is 6. The van der Waals surface area contributed by atoms with E-state index in [0.29, 0.717) is 6.04 Å². The number of methoxy groups -OCH3 is 1. The predicted octanol–water partition coefficient (Wildman–Crippen LogP) is 3.47. The summed E-state index contributed by atoms with van der Waals surface area (Å²) in [7, 11) is 1.69. The van der Waals surface area contributed by atoms with Crippen LogP contribution in [0.15, 0.2) is 18.2 Å². The molecule has 0 bridgehead atoms. The third-order valence-corrected chi connectivity index (χ3v) is 4.56. The van der Waals surface area contributed by atoms with E-state index in [1.807, 2.05) is 31.7 Å². The van der Waals surface area contributed by atoms with E-state index in [1.54, 1.807) is 7.11 Å². The van der Waals surface area contributed by atoms with Crippen LogP contribution in [0.3, 0.4) is 0 Å². The van der Waals surface area contributed by atoms with E-state index in [2.05, 4.69) is 17.4 Å². The highest BCUT2D eigenvalue weighted by Crippen LogP contribution is 2.29. The van der Waals surface area contributed by atoms with Gasteiger partial charge in [0.05, 0.1) is 13.2 Å². The normalized spacial score (nSPS) is 19.1. The molecule has 1 unspecified atom stereocenters. The highest BCUT2D eigenvalue weighted by Gasteiger charge is 2.13. The molecule has 0 amide bonds. The van der Waals surface area contributed by atoms with Gasteiger partial charge in [-0.1, -0.05) is 6.07 Å². The molecule has 112 valence electrons. The Morgan fingerprint density at radius 3 is 2.85 bits per heavy atom. The molecule has 0 saturated carbocycles. The van der Waals surface area contributed by atoms with Crippen molar-refractivity contribution in [2.75, 3.05) is 18.6 Å². The van der Waals surface area contributed by atoms with Gasteiger partial charge in [-0.05, 0) is 50.1 Å². The zero-order valence-electron chi connectivity index (χ0n) is 12.6. The molecule has 20 heavy (non-hydrogen) atoms. The molecule has 0 aliphatic carbocycles. The van der Waals surface area contributed by atoms with Crippen molar-refractivity contribution in [2.45, 2.75) is 45.4 Å². The summed E-state index contributed by atoms with van der Waals surface area (Å²) in [5.74, 6) is 4.18. The third kappa shape index (κ3) is 4.60. The summed E-state index contributed by atoms with van der Waals surface area (Å²) in [5, 5.41) is 3.63. The van der Waals surface area contributed by atoms with Crippen molar-refractivity contribution in [3.05, 3.63) is 23.8 Å². The standard InChI is InChI=1S/C16H25NO2S/c1-12(2)19-15-7-6-13(9-16(15)18-3)10-17-14-5-4-8-20-11-14/h6-7,9,12,14,17H,4-5,8,10-11H2,1-3H3. The fourth-order valence-corrected chi connectivity index (χ4v) is 3.44. The Kier molecular flexibility index (Phi) is 6.05. The lowest BCUT2D eigenvalue weighted by atomic mass is 10.1. The van der Waals surface area contributed by atoms with Gasteiger partial charge in [0.1, 0.15) is 0 Å². The Hall–Kier alpha value is -0.870. The lowest BCUT2D eigenvalue weighted by molar-refractivity contribution is 0.230. The van der Waals surface area contributed by atoms with Gasteiger partial charge in [0.2, 0.25) is 0 Å². The Morgan fingerprint density at radius 2 is 2.20 bits per heavy atom. The van der Waals surface area contributed by atoms with Gasteiger partial charge in [0.15, 0.2) is 11.5 Å².